The number of aromatic nitrogens is 2. The molecule has 0 unspecified atom stereocenters. The lowest BCUT2D eigenvalue weighted by atomic mass is 10.2. The summed E-state index contributed by atoms with van der Waals surface area (Å²) in [7, 11) is 0. The molecule has 0 spiro atoms. The smallest absolute Gasteiger partial charge is 0.335 e. The first-order valence-corrected chi connectivity index (χ1v) is 5.77. The quantitative estimate of drug-likeness (QED) is 0.787. The number of carbonyl (C=O) groups is 2. The van der Waals surface area contributed by atoms with Crippen molar-refractivity contribution >= 4 is 46.6 Å². The highest BCUT2D eigenvalue weighted by Crippen LogP contribution is 2.32. The van der Waals surface area contributed by atoms with Crippen LogP contribution in [-0.2, 0) is 0 Å². The van der Waals surface area contributed by atoms with E-state index in [0.717, 1.165) is 12.1 Å². The summed E-state index contributed by atoms with van der Waals surface area (Å²) in [5.74, 6) is -2.14. The predicted molar refractivity (Wildman–Crippen MR) is 70.1 cm³/mol. The van der Waals surface area contributed by atoms with Gasteiger partial charge in [0.15, 0.2) is 0 Å². The maximum absolute atomic E-state index is 11.8. The largest absolute Gasteiger partial charge is 0.478 e. The molecule has 1 heterocycles. The lowest BCUT2D eigenvalue weighted by molar-refractivity contribution is 0.0696. The van der Waals surface area contributed by atoms with Crippen molar-refractivity contribution in [3.05, 3.63) is 33.4 Å². The lowest BCUT2D eigenvalue weighted by Crippen LogP contribution is -2.15. The molecule has 10 heteroatoms. The van der Waals surface area contributed by atoms with E-state index in [2.05, 4.69) is 20.3 Å². The summed E-state index contributed by atoms with van der Waals surface area (Å²) in [5, 5.41) is 17.7. The number of hydrogen-bond donors (Lipinski definition) is 3. The van der Waals surface area contributed by atoms with Crippen LogP contribution in [0.3, 0.4) is 0 Å². The SMILES string of the molecule is Nc1nonc1C(=O)Nc1c(Cl)cc(C(=O)O)cc1Cl. The maximum atomic E-state index is 11.8. The molecule has 8 nitrogen and oxygen atoms in total. The Balaban J connectivity index is 2.33. The molecule has 0 radical (unpaired) electrons. The fourth-order valence-electron chi connectivity index (χ4n) is 1.34. The Morgan fingerprint density at radius 3 is 2.30 bits per heavy atom. The fourth-order valence-corrected chi connectivity index (χ4v) is 1.92. The van der Waals surface area contributed by atoms with Crippen LogP contribution in [0.4, 0.5) is 11.5 Å². The molecule has 0 aliphatic rings. The molecule has 0 saturated heterocycles. The number of carbonyl (C=O) groups excluding carboxylic acids is 1. The summed E-state index contributed by atoms with van der Waals surface area (Å²) in [4.78, 5) is 22.7. The Kier molecular flexibility index (Phi) is 3.77. The molecule has 1 aromatic heterocycles. The highest BCUT2D eigenvalue weighted by molar-refractivity contribution is 6.40. The van der Waals surface area contributed by atoms with E-state index < -0.39 is 11.9 Å². The Hall–Kier alpha value is -2.32. The van der Waals surface area contributed by atoms with Crippen LogP contribution < -0.4 is 11.1 Å². The highest BCUT2D eigenvalue weighted by atomic mass is 35.5. The summed E-state index contributed by atoms with van der Waals surface area (Å²) in [6.45, 7) is 0. The number of nitrogens with zero attached hydrogens (tertiary/aromatic N) is 2. The van der Waals surface area contributed by atoms with E-state index in [1.54, 1.807) is 0 Å². The topological polar surface area (TPSA) is 131 Å². The van der Waals surface area contributed by atoms with Crippen LogP contribution in [-0.4, -0.2) is 27.3 Å². The van der Waals surface area contributed by atoms with E-state index in [4.69, 9.17) is 34.0 Å². The van der Waals surface area contributed by atoms with Gasteiger partial charge in [0.2, 0.25) is 11.5 Å². The third-order valence-corrected chi connectivity index (χ3v) is 2.85. The second kappa shape index (κ2) is 5.35. The van der Waals surface area contributed by atoms with Crippen LogP contribution >= 0.6 is 23.2 Å². The zero-order valence-electron chi connectivity index (χ0n) is 9.55. The van der Waals surface area contributed by atoms with Gasteiger partial charge in [0.25, 0.3) is 5.91 Å². The number of benzene rings is 1. The zero-order chi connectivity index (χ0) is 14.9. The van der Waals surface area contributed by atoms with Crippen molar-refractivity contribution in [2.75, 3.05) is 11.1 Å². The van der Waals surface area contributed by atoms with Crippen molar-refractivity contribution in [2.45, 2.75) is 0 Å². The van der Waals surface area contributed by atoms with E-state index in [1.165, 1.54) is 0 Å². The van der Waals surface area contributed by atoms with Gasteiger partial charge in [-0.05, 0) is 22.4 Å². The van der Waals surface area contributed by atoms with Gasteiger partial charge in [-0.1, -0.05) is 23.2 Å². The van der Waals surface area contributed by atoms with Gasteiger partial charge in [-0.2, -0.15) is 0 Å². The molecule has 0 aliphatic heterocycles. The van der Waals surface area contributed by atoms with Crippen LogP contribution in [0, 0.1) is 0 Å². The molecule has 0 bridgehead atoms. The second-order valence-electron chi connectivity index (χ2n) is 3.57. The van der Waals surface area contributed by atoms with Gasteiger partial charge in [0, 0.05) is 0 Å². The van der Waals surface area contributed by atoms with Crippen LogP contribution in [0.25, 0.3) is 0 Å². The van der Waals surface area contributed by atoms with Gasteiger partial charge in [0.05, 0.1) is 21.3 Å². The Labute approximate surface area is 121 Å². The fraction of sp³-hybridized carbons (Fsp3) is 0. The lowest BCUT2D eigenvalue weighted by Gasteiger charge is -2.09. The number of rotatable bonds is 3. The van der Waals surface area contributed by atoms with Crippen molar-refractivity contribution in [3.8, 4) is 0 Å². The van der Waals surface area contributed by atoms with Crippen LogP contribution in [0.5, 0.6) is 0 Å². The second-order valence-corrected chi connectivity index (χ2v) is 4.39. The molecule has 4 N–H and O–H groups in total. The third kappa shape index (κ3) is 2.65. The van der Waals surface area contributed by atoms with Gasteiger partial charge >= 0.3 is 5.97 Å². The molecule has 1 aromatic carbocycles. The van der Waals surface area contributed by atoms with E-state index in [1.807, 2.05) is 0 Å². The van der Waals surface area contributed by atoms with Crippen LogP contribution in [0.1, 0.15) is 20.8 Å². The number of anilines is 2. The molecule has 2 aromatic rings. The monoisotopic (exact) mass is 316 g/mol. The Morgan fingerprint density at radius 2 is 1.85 bits per heavy atom. The van der Waals surface area contributed by atoms with Gasteiger partial charge in [-0.3, -0.25) is 4.79 Å². The zero-order valence-corrected chi connectivity index (χ0v) is 11.1. The molecule has 0 fully saturated rings. The maximum Gasteiger partial charge on any atom is 0.335 e. The molecule has 2 rings (SSSR count). The Morgan fingerprint density at radius 1 is 1.25 bits per heavy atom. The minimum atomic E-state index is -1.20. The van der Waals surface area contributed by atoms with Gasteiger partial charge in [0.1, 0.15) is 0 Å². The van der Waals surface area contributed by atoms with E-state index >= 15 is 0 Å². The minimum absolute atomic E-state index is 0.0331. The molecule has 104 valence electrons. The first-order valence-electron chi connectivity index (χ1n) is 5.02. The first-order chi connectivity index (χ1) is 9.40. The Bertz CT molecular complexity index is 677. The van der Waals surface area contributed by atoms with Crippen molar-refractivity contribution < 1.29 is 19.3 Å². The number of nitrogens with two attached hydrogens (primary N) is 1. The van der Waals surface area contributed by atoms with Crippen LogP contribution in [0.15, 0.2) is 16.8 Å². The molecular weight excluding hydrogens is 311 g/mol. The number of aromatic carboxylic acids is 1. The standard InChI is InChI=1S/C10H6Cl2N4O4/c11-4-1-3(10(18)19)2-5(12)6(4)14-9(17)7-8(13)16-20-15-7/h1-2H,(H2,13,16)(H,14,17)(H,18,19). The first kappa shape index (κ1) is 14.1. The minimum Gasteiger partial charge on any atom is -0.478 e. The molecule has 0 saturated carbocycles. The van der Waals surface area contributed by atoms with Gasteiger partial charge in [-0.25, -0.2) is 9.42 Å². The van der Waals surface area contributed by atoms with Crippen molar-refractivity contribution in [3.63, 3.8) is 0 Å². The van der Waals surface area contributed by atoms with E-state index in [-0.39, 0.29) is 32.8 Å². The highest BCUT2D eigenvalue weighted by Gasteiger charge is 2.19. The number of nitrogen functional groups attached to an aromatic ring is 1. The summed E-state index contributed by atoms with van der Waals surface area (Å²) >= 11 is 11.7. The molecule has 1 amide bonds. The number of carboxylic acids is 1. The molecule has 0 aliphatic carbocycles. The number of amides is 1. The summed E-state index contributed by atoms with van der Waals surface area (Å²) < 4.78 is 4.29. The number of nitrogens with one attached hydrogen (secondary N) is 1. The summed E-state index contributed by atoms with van der Waals surface area (Å²) in [5.41, 5.74) is 5.05. The summed E-state index contributed by atoms with van der Waals surface area (Å²) in [6, 6.07) is 2.30. The van der Waals surface area contributed by atoms with Crippen LogP contribution in [0.2, 0.25) is 10.0 Å². The molecule has 20 heavy (non-hydrogen) atoms. The van der Waals surface area contributed by atoms with Gasteiger partial charge < -0.3 is 16.2 Å². The normalized spacial score (nSPS) is 10.3. The molecular formula is C10H6Cl2N4O4. The molecule has 0 atom stereocenters. The number of hydrogen-bond acceptors (Lipinski definition) is 6. The van der Waals surface area contributed by atoms with Gasteiger partial charge in [-0.15, -0.1) is 0 Å². The summed E-state index contributed by atoms with van der Waals surface area (Å²) in [6.07, 6.45) is 0. The average molecular weight is 317 g/mol. The number of carboxylic acid groups (broad SMARTS) is 1. The van der Waals surface area contributed by atoms with Crippen molar-refractivity contribution in [1.29, 1.82) is 0 Å². The number of halogens is 2. The van der Waals surface area contributed by atoms with Crippen molar-refractivity contribution in [2.24, 2.45) is 0 Å². The van der Waals surface area contributed by atoms with E-state index in [0.29, 0.717) is 0 Å². The van der Waals surface area contributed by atoms with Crippen molar-refractivity contribution in [1.82, 2.24) is 10.3 Å². The average Bonchev–Trinajstić information content (AvgIpc) is 2.79. The van der Waals surface area contributed by atoms with E-state index in [9.17, 15) is 9.59 Å². The third-order valence-electron chi connectivity index (χ3n) is 2.26. The predicted octanol–water partition coefficient (Wildman–Crippen LogP) is 1.91.